The number of benzene rings is 2. The van der Waals surface area contributed by atoms with Crippen LogP contribution < -0.4 is 0 Å². The number of aliphatic hydroxyl groups excluding tert-OH is 1. The number of nitrogens with zero attached hydrogens (tertiary/aromatic N) is 1. The second-order valence-electron chi connectivity index (χ2n) is 5.83. The van der Waals surface area contributed by atoms with Gasteiger partial charge >= 0.3 is 0 Å². The molecule has 3 aromatic rings. The Bertz CT molecular complexity index is 766. The zero-order valence-corrected chi connectivity index (χ0v) is 11.7. The molecule has 1 heterocycles. The Morgan fingerprint density at radius 3 is 2.48 bits per heavy atom. The molecule has 2 heteroatoms. The third kappa shape index (κ3) is 2.12. The summed E-state index contributed by atoms with van der Waals surface area (Å²) in [6.45, 7) is 0. The maximum Gasteiger partial charge on any atom is 0.0831 e. The van der Waals surface area contributed by atoms with Crippen LogP contribution in [-0.2, 0) is 12.8 Å². The van der Waals surface area contributed by atoms with Crippen LogP contribution in [0.25, 0.3) is 10.8 Å². The minimum atomic E-state index is -0.440. The van der Waals surface area contributed by atoms with Crippen LogP contribution in [0.4, 0.5) is 0 Å². The van der Waals surface area contributed by atoms with E-state index in [4.69, 9.17) is 0 Å². The average Bonchev–Trinajstić information content (AvgIpc) is 2.97. The van der Waals surface area contributed by atoms with E-state index in [-0.39, 0.29) is 5.92 Å². The van der Waals surface area contributed by atoms with Crippen molar-refractivity contribution >= 4 is 10.8 Å². The van der Waals surface area contributed by atoms with E-state index in [0.717, 1.165) is 29.2 Å². The van der Waals surface area contributed by atoms with Crippen LogP contribution in [-0.4, -0.2) is 10.1 Å². The number of hydrogen-bond acceptors (Lipinski definition) is 2. The summed E-state index contributed by atoms with van der Waals surface area (Å²) >= 11 is 0. The molecular formula is C19H17NO. The lowest BCUT2D eigenvalue weighted by Gasteiger charge is -2.19. The van der Waals surface area contributed by atoms with Crippen molar-refractivity contribution < 1.29 is 5.11 Å². The van der Waals surface area contributed by atoms with Gasteiger partial charge in [0.25, 0.3) is 0 Å². The molecule has 0 spiro atoms. The molecule has 1 atom stereocenters. The standard InChI is InChI=1S/C19H17NO/c21-19(16-10-14-4-1-2-5-15(14)11-16)17-7-3-6-13-8-9-20-12-18(13)17/h1-9,12,16,19,21H,10-11H2. The topological polar surface area (TPSA) is 33.1 Å². The Hall–Kier alpha value is -2.19. The van der Waals surface area contributed by atoms with E-state index in [1.165, 1.54) is 11.1 Å². The molecule has 1 aliphatic rings. The highest BCUT2D eigenvalue weighted by molar-refractivity contribution is 5.85. The van der Waals surface area contributed by atoms with E-state index < -0.39 is 6.10 Å². The lowest BCUT2D eigenvalue weighted by Crippen LogP contribution is -2.13. The van der Waals surface area contributed by atoms with Gasteiger partial charge in [0.1, 0.15) is 0 Å². The maximum atomic E-state index is 10.9. The zero-order valence-electron chi connectivity index (χ0n) is 11.7. The first-order valence-corrected chi connectivity index (χ1v) is 7.40. The van der Waals surface area contributed by atoms with Crippen molar-refractivity contribution in [2.24, 2.45) is 5.92 Å². The average molecular weight is 275 g/mol. The van der Waals surface area contributed by atoms with Crippen LogP contribution in [0.15, 0.2) is 60.9 Å². The molecule has 0 bridgehead atoms. The largest absolute Gasteiger partial charge is 0.388 e. The van der Waals surface area contributed by atoms with E-state index in [1.54, 1.807) is 6.20 Å². The fourth-order valence-electron chi connectivity index (χ4n) is 3.46. The van der Waals surface area contributed by atoms with Gasteiger partial charge in [0.2, 0.25) is 0 Å². The van der Waals surface area contributed by atoms with Crippen molar-refractivity contribution in [1.82, 2.24) is 4.98 Å². The Balaban J connectivity index is 1.71. The summed E-state index contributed by atoms with van der Waals surface area (Å²) in [4.78, 5) is 4.21. The van der Waals surface area contributed by atoms with Crippen LogP contribution >= 0.6 is 0 Å². The molecule has 0 aliphatic heterocycles. The van der Waals surface area contributed by atoms with E-state index in [1.807, 2.05) is 24.4 Å². The predicted octanol–water partition coefficient (Wildman–Crippen LogP) is 3.68. The quantitative estimate of drug-likeness (QED) is 0.774. The summed E-state index contributed by atoms with van der Waals surface area (Å²) in [6, 6.07) is 16.6. The molecule has 4 rings (SSSR count). The fraction of sp³-hybridized carbons (Fsp3) is 0.211. The number of aliphatic hydroxyl groups is 1. The normalized spacial score (nSPS) is 16.0. The summed E-state index contributed by atoms with van der Waals surface area (Å²) in [5, 5.41) is 13.1. The van der Waals surface area contributed by atoms with Crippen molar-refractivity contribution in [3.8, 4) is 0 Å². The molecule has 21 heavy (non-hydrogen) atoms. The van der Waals surface area contributed by atoms with E-state index in [2.05, 4.69) is 35.3 Å². The van der Waals surface area contributed by atoms with Crippen LogP contribution in [0.5, 0.6) is 0 Å². The molecule has 2 nitrogen and oxygen atoms in total. The highest BCUT2D eigenvalue weighted by Crippen LogP contribution is 2.37. The van der Waals surface area contributed by atoms with Crippen LogP contribution in [0.3, 0.4) is 0 Å². The lowest BCUT2D eigenvalue weighted by molar-refractivity contribution is 0.115. The summed E-state index contributed by atoms with van der Waals surface area (Å²) in [6.07, 6.45) is 5.12. The Kier molecular flexibility index (Phi) is 2.97. The van der Waals surface area contributed by atoms with Crippen molar-refractivity contribution in [3.05, 3.63) is 77.6 Å². The molecule has 2 aromatic carbocycles. The number of aromatic nitrogens is 1. The summed E-state index contributed by atoms with van der Waals surface area (Å²) in [5.74, 6) is 0.258. The fourth-order valence-corrected chi connectivity index (χ4v) is 3.46. The van der Waals surface area contributed by atoms with Crippen molar-refractivity contribution in [3.63, 3.8) is 0 Å². The summed E-state index contributed by atoms with van der Waals surface area (Å²) in [5.41, 5.74) is 3.75. The lowest BCUT2D eigenvalue weighted by atomic mass is 9.90. The molecule has 1 N–H and O–H groups in total. The van der Waals surface area contributed by atoms with Crippen LogP contribution in [0.2, 0.25) is 0 Å². The van der Waals surface area contributed by atoms with Gasteiger partial charge in [-0.25, -0.2) is 0 Å². The Morgan fingerprint density at radius 1 is 0.952 bits per heavy atom. The Labute approximate surface area is 124 Å². The van der Waals surface area contributed by atoms with Gasteiger partial charge in [0, 0.05) is 17.8 Å². The third-order valence-corrected chi connectivity index (χ3v) is 4.57. The molecule has 0 saturated carbocycles. The molecule has 0 saturated heterocycles. The molecule has 1 unspecified atom stereocenters. The minimum Gasteiger partial charge on any atom is -0.388 e. The predicted molar refractivity (Wildman–Crippen MR) is 84.0 cm³/mol. The van der Waals surface area contributed by atoms with Gasteiger partial charge in [-0.15, -0.1) is 0 Å². The second-order valence-corrected chi connectivity index (χ2v) is 5.83. The number of pyridine rings is 1. The van der Waals surface area contributed by atoms with Crippen molar-refractivity contribution in [2.45, 2.75) is 18.9 Å². The third-order valence-electron chi connectivity index (χ3n) is 4.57. The van der Waals surface area contributed by atoms with Gasteiger partial charge in [-0.05, 0) is 46.9 Å². The van der Waals surface area contributed by atoms with Crippen molar-refractivity contribution in [2.75, 3.05) is 0 Å². The monoisotopic (exact) mass is 275 g/mol. The summed E-state index contributed by atoms with van der Waals surface area (Å²) in [7, 11) is 0. The van der Waals surface area contributed by atoms with Gasteiger partial charge < -0.3 is 5.11 Å². The molecule has 0 fully saturated rings. The first kappa shape index (κ1) is 12.5. The van der Waals surface area contributed by atoms with Gasteiger partial charge in [-0.1, -0.05) is 42.5 Å². The van der Waals surface area contributed by atoms with Gasteiger partial charge in [-0.3, -0.25) is 4.98 Å². The smallest absolute Gasteiger partial charge is 0.0831 e. The molecule has 0 radical (unpaired) electrons. The minimum absolute atomic E-state index is 0.258. The van der Waals surface area contributed by atoms with E-state index in [0.29, 0.717) is 0 Å². The van der Waals surface area contributed by atoms with Gasteiger partial charge in [0.15, 0.2) is 0 Å². The van der Waals surface area contributed by atoms with Gasteiger partial charge in [0.05, 0.1) is 6.10 Å². The number of hydrogen-bond donors (Lipinski definition) is 1. The molecular weight excluding hydrogens is 258 g/mol. The van der Waals surface area contributed by atoms with Crippen LogP contribution in [0.1, 0.15) is 22.8 Å². The second kappa shape index (κ2) is 4.97. The van der Waals surface area contributed by atoms with Crippen LogP contribution in [0, 0.1) is 5.92 Å². The molecule has 1 aromatic heterocycles. The van der Waals surface area contributed by atoms with E-state index in [9.17, 15) is 5.11 Å². The Morgan fingerprint density at radius 2 is 1.71 bits per heavy atom. The maximum absolute atomic E-state index is 10.9. The van der Waals surface area contributed by atoms with Crippen molar-refractivity contribution in [1.29, 1.82) is 0 Å². The zero-order chi connectivity index (χ0) is 14.2. The number of fused-ring (bicyclic) bond motifs is 2. The molecule has 0 amide bonds. The first-order valence-electron chi connectivity index (χ1n) is 7.40. The highest BCUT2D eigenvalue weighted by Gasteiger charge is 2.28. The molecule has 104 valence electrons. The molecule has 1 aliphatic carbocycles. The SMILES string of the molecule is OC(c1cccc2ccncc12)C1Cc2ccccc2C1. The first-order chi connectivity index (χ1) is 10.3. The highest BCUT2D eigenvalue weighted by atomic mass is 16.3. The number of rotatable bonds is 2. The van der Waals surface area contributed by atoms with E-state index >= 15 is 0 Å². The van der Waals surface area contributed by atoms with Gasteiger partial charge in [-0.2, -0.15) is 0 Å². The summed E-state index contributed by atoms with van der Waals surface area (Å²) < 4.78 is 0.